The van der Waals surface area contributed by atoms with Crippen LogP contribution in [0.3, 0.4) is 0 Å². The summed E-state index contributed by atoms with van der Waals surface area (Å²) in [5.41, 5.74) is 0.938. The Morgan fingerprint density at radius 3 is 2.50 bits per heavy atom. The zero-order chi connectivity index (χ0) is 12.4. The van der Waals surface area contributed by atoms with Crippen LogP contribution in [0, 0.1) is 0 Å². The van der Waals surface area contributed by atoms with Gasteiger partial charge in [-0.1, -0.05) is 11.6 Å². The largest absolute Gasteiger partial charge is 0.486 e. The minimum absolute atomic E-state index is 0.478. The zero-order valence-electron chi connectivity index (χ0n) is 10.2. The van der Waals surface area contributed by atoms with Gasteiger partial charge in [0.2, 0.25) is 0 Å². The van der Waals surface area contributed by atoms with Crippen molar-refractivity contribution in [3.05, 3.63) is 17.2 Å². The Morgan fingerprint density at radius 2 is 1.78 bits per heavy atom. The Morgan fingerprint density at radius 1 is 1.11 bits per heavy atom. The number of piperidine rings is 1. The lowest BCUT2D eigenvalue weighted by atomic mass is 10.1. The van der Waals surface area contributed by atoms with E-state index in [2.05, 4.69) is 10.6 Å². The maximum atomic E-state index is 6.27. The fourth-order valence-electron chi connectivity index (χ4n) is 2.36. The van der Waals surface area contributed by atoms with Crippen molar-refractivity contribution in [2.45, 2.75) is 18.9 Å². The average Bonchev–Trinajstić information content (AvgIpc) is 2.41. The van der Waals surface area contributed by atoms with Gasteiger partial charge in [-0.05, 0) is 25.9 Å². The summed E-state index contributed by atoms with van der Waals surface area (Å²) in [5, 5.41) is 7.53. The molecule has 18 heavy (non-hydrogen) atoms. The van der Waals surface area contributed by atoms with E-state index < -0.39 is 0 Å². The highest BCUT2D eigenvalue weighted by Crippen LogP contribution is 2.38. The third kappa shape index (κ3) is 2.49. The van der Waals surface area contributed by atoms with Gasteiger partial charge >= 0.3 is 0 Å². The average molecular weight is 269 g/mol. The Hall–Kier alpha value is -1.13. The molecule has 0 spiro atoms. The molecule has 0 unspecified atom stereocenters. The number of benzene rings is 1. The van der Waals surface area contributed by atoms with E-state index in [0.717, 1.165) is 43.1 Å². The van der Waals surface area contributed by atoms with Crippen LogP contribution >= 0.6 is 11.6 Å². The van der Waals surface area contributed by atoms with E-state index in [0.29, 0.717) is 24.3 Å². The molecule has 0 radical (unpaired) electrons. The van der Waals surface area contributed by atoms with Crippen LogP contribution in [0.15, 0.2) is 12.1 Å². The van der Waals surface area contributed by atoms with Crippen LogP contribution in [0.25, 0.3) is 0 Å². The van der Waals surface area contributed by atoms with Crippen molar-refractivity contribution in [2.75, 3.05) is 31.6 Å². The minimum atomic E-state index is 0.478. The predicted octanol–water partition coefficient (Wildman–Crippen LogP) is 2.28. The lowest BCUT2D eigenvalue weighted by molar-refractivity contribution is 0.171. The fourth-order valence-corrected chi connectivity index (χ4v) is 2.57. The molecule has 4 nitrogen and oxygen atoms in total. The van der Waals surface area contributed by atoms with Gasteiger partial charge in [0.05, 0.1) is 10.7 Å². The van der Waals surface area contributed by atoms with Gasteiger partial charge in [-0.25, -0.2) is 0 Å². The van der Waals surface area contributed by atoms with E-state index in [1.165, 1.54) is 0 Å². The summed E-state index contributed by atoms with van der Waals surface area (Å²) in [5.74, 6) is 1.52. The van der Waals surface area contributed by atoms with Crippen LogP contribution in [-0.4, -0.2) is 32.3 Å². The maximum absolute atomic E-state index is 6.27. The lowest BCUT2D eigenvalue weighted by Gasteiger charge is -2.26. The molecule has 1 aromatic carbocycles. The van der Waals surface area contributed by atoms with Crippen molar-refractivity contribution in [1.29, 1.82) is 0 Å². The van der Waals surface area contributed by atoms with Gasteiger partial charge in [0.1, 0.15) is 13.2 Å². The fraction of sp³-hybridized carbons (Fsp3) is 0.538. The predicted molar refractivity (Wildman–Crippen MR) is 72.0 cm³/mol. The zero-order valence-corrected chi connectivity index (χ0v) is 10.9. The number of hydrogen-bond donors (Lipinski definition) is 2. The normalized spacial score (nSPS) is 19.6. The van der Waals surface area contributed by atoms with Crippen LogP contribution in [0.1, 0.15) is 12.8 Å². The van der Waals surface area contributed by atoms with Gasteiger partial charge in [0.15, 0.2) is 11.5 Å². The van der Waals surface area contributed by atoms with Crippen molar-refractivity contribution in [2.24, 2.45) is 0 Å². The van der Waals surface area contributed by atoms with Crippen LogP contribution in [0.2, 0.25) is 5.02 Å². The van der Waals surface area contributed by atoms with Crippen LogP contribution in [0.5, 0.6) is 11.5 Å². The van der Waals surface area contributed by atoms with Gasteiger partial charge in [-0.3, -0.25) is 0 Å². The van der Waals surface area contributed by atoms with Gasteiger partial charge in [0, 0.05) is 18.2 Å². The summed E-state index contributed by atoms with van der Waals surface area (Å²) in [6.07, 6.45) is 2.23. The molecular formula is C13H17ClN2O2. The summed E-state index contributed by atoms with van der Waals surface area (Å²) in [7, 11) is 0. The van der Waals surface area contributed by atoms with E-state index >= 15 is 0 Å². The highest BCUT2D eigenvalue weighted by atomic mass is 35.5. The third-order valence-electron chi connectivity index (χ3n) is 3.33. The molecule has 0 bridgehead atoms. The van der Waals surface area contributed by atoms with E-state index in [1.54, 1.807) is 0 Å². The summed E-state index contributed by atoms with van der Waals surface area (Å²) < 4.78 is 11.1. The van der Waals surface area contributed by atoms with Crippen LogP contribution < -0.4 is 20.1 Å². The maximum Gasteiger partial charge on any atom is 0.163 e. The second-order valence-electron chi connectivity index (χ2n) is 4.64. The molecule has 0 aliphatic carbocycles. The first kappa shape index (κ1) is 11.9. The quantitative estimate of drug-likeness (QED) is 0.864. The first-order chi connectivity index (χ1) is 8.83. The minimum Gasteiger partial charge on any atom is -0.486 e. The summed E-state index contributed by atoms with van der Waals surface area (Å²) in [6.45, 7) is 3.30. The summed E-state index contributed by atoms with van der Waals surface area (Å²) in [6, 6.07) is 4.25. The number of halogens is 1. The van der Waals surface area contributed by atoms with Crippen molar-refractivity contribution >= 4 is 17.3 Å². The first-order valence-electron chi connectivity index (χ1n) is 6.39. The highest BCUT2D eigenvalue weighted by molar-refractivity contribution is 6.33. The molecule has 98 valence electrons. The smallest absolute Gasteiger partial charge is 0.163 e. The van der Waals surface area contributed by atoms with E-state index in [1.807, 2.05) is 12.1 Å². The molecule has 0 atom stereocenters. The summed E-state index contributed by atoms with van der Waals surface area (Å²) in [4.78, 5) is 0. The molecule has 0 saturated carbocycles. The highest BCUT2D eigenvalue weighted by Gasteiger charge is 2.18. The van der Waals surface area contributed by atoms with E-state index in [4.69, 9.17) is 21.1 Å². The molecule has 2 aliphatic rings. The molecule has 0 aromatic heterocycles. The summed E-state index contributed by atoms with van der Waals surface area (Å²) >= 11 is 6.27. The monoisotopic (exact) mass is 268 g/mol. The number of ether oxygens (including phenoxy) is 2. The second kappa shape index (κ2) is 5.24. The number of hydrogen-bond acceptors (Lipinski definition) is 4. The molecule has 1 saturated heterocycles. The molecule has 2 N–H and O–H groups in total. The molecule has 3 rings (SSSR count). The van der Waals surface area contributed by atoms with Gasteiger partial charge in [-0.2, -0.15) is 0 Å². The Kier molecular flexibility index (Phi) is 3.48. The molecule has 2 heterocycles. The topological polar surface area (TPSA) is 42.5 Å². The molecule has 0 amide bonds. The molecule has 2 aliphatic heterocycles. The third-order valence-corrected chi connectivity index (χ3v) is 3.64. The standard InChI is InChI=1S/C13H17ClN2O2/c14-10-7-12-13(18-6-5-17-12)8-11(10)16-9-1-3-15-4-2-9/h7-9,15-16H,1-6H2. The number of fused-ring (bicyclic) bond motifs is 1. The Labute approximate surface area is 112 Å². The van der Waals surface area contributed by atoms with Crippen LogP contribution in [-0.2, 0) is 0 Å². The van der Waals surface area contributed by atoms with Gasteiger partial charge < -0.3 is 20.1 Å². The molecule has 1 fully saturated rings. The number of anilines is 1. The van der Waals surface area contributed by atoms with E-state index in [-0.39, 0.29) is 0 Å². The van der Waals surface area contributed by atoms with Gasteiger partial charge in [0.25, 0.3) is 0 Å². The first-order valence-corrected chi connectivity index (χ1v) is 6.77. The molecule has 5 heteroatoms. The number of rotatable bonds is 2. The van der Waals surface area contributed by atoms with E-state index in [9.17, 15) is 0 Å². The molecular weight excluding hydrogens is 252 g/mol. The lowest BCUT2D eigenvalue weighted by Crippen LogP contribution is -2.35. The SMILES string of the molecule is Clc1cc2c(cc1NC1CCNCC1)OCCO2. The van der Waals surface area contributed by atoms with Crippen LogP contribution in [0.4, 0.5) is 5.69 Å². The van der Waals surface area contributed by atoms with Crippen molar-refractivity contribution in [3.8, 4) is 11.5 Å². The van der Waals surface area contributed by atoms with Crippen molar-refractivity contribution in [3.63, 3.8) is 0 Å². The Bertz CT molecular complexity index is 433. The van der Waals surface area contributed by atoms with Crippen molar-refractivity contribution in [1.82, 2.24) is 5.32 Å². The number of nitrogens with one attached hydrogen (secondary N) is 2. The van der Waals surface area contributed by atoms with Gasteiger partial charge in [-0.15, -0.1) is 0 Å². The van der Waals surface area contributed by atoms with Crippen molar-refractivity contribution < 1.29 is 9.47 Å². The Balaban J connectivity index is 1.78. The molecule has 1 aromatic rings. The second-order valence-corrected chi connectivity index (χ2v) is 5.05.